The van der Waals surface area contributed by atoms with Crippen LogP contribution in [0.15, 0.2) is 0 Å². The fraction of sp³-hybridized carbons (Fsp3) is 1.00. The fourth-order valence-corrected chi connectivity index (χ4v) is 4.98. The molecule has 0 aromatic carbocycles. The number of hydrogen-bond acceptors (Lipinski definition) is 4. The lowest BCUT2D eigenvalue weighted by atomic mass is 10.1. The molecule has 1 heterocycles. The average molecular weight is 262 g/mol. The summed E-state index contributed by atoms with van der Waals surface area (Å²) in [5, 5.41) is 9.52. The highest BCUT2D eigenvalue weighted by molar-refractivity contribution is 7.90. The summed E-state index contributed by atoms with van der Waals surface area (Å²) in [6.45, 7) is 2.43. The molecular formula is C11H22N2O3S. The first-order valence-electron chi connectivity index (χ1n) is 6.31. The Bertz CT molecular complexity index is 355. The van der Waals surface area contributed by atoms with Crippen molar-refractivity contribution in [1.82, 2.24) is 9.21 Å². The second-order valence-corrected chi connectivity index (χ2v) is 7.59. The average Bonchev–Trinajstić information content (AvgIpc) is 2.79. The van der Waals surface area contributed by atoms with E-state index in [4.69, 9.17) is 0 Å². The standard InChI is InChI=1S/C11H22N2O3S/c1-12-6-8-13(9-7-12)17(15,16)11(10-14)4-2-3-5-11/h14H,2-10H2,1H3. The van der Waals surface area contributed by atoms with E-state index in [9.17, 15) is 13.5 Å². The van der Waals surface area contributed by atoms with Crippen molar-refractivity contribution in [3.63, 3.8) is 0 Å². The molecule has 17 heavy (non-hydrogen) atoms. The number of likely N-dealkylation sites (N-methyl/N-ethyl adjacent to an activating group) is 1. The Hall–Kier alpha value is -0.170. The van der Waals surface area contributed by atoms with Crippen LogP contribution in [0.3, 0.4) is 0 Å². The van der Waals surface area contributed by atoms with Crippen LogP contribution in [-0.4, -0.2) is 67.3 Å². The molecule has 0 unspecified atom stereocenters. The first-order valence-corrected chi connectivity index (χ1v) is 7.75. The second kappa shape index (κ2) is 4.84. The topological polar surface area (TPSA) is 60.9 Å². The van der Waals surface area contributed by atoms with Gasteiger partial charge in [-0.3, -0.25) is 0 Å². The van der Waals surface area contributed by atoms with Crippen LogP contribution in [0.4, 0.5) is 0 Å². The molecule has 6 heteroatoms. The van der Waals surface area contributed by atoms with Crippen molar-refractivity contribution in [3.8, 4) is 0 Å². The molecule has 2 fully saturated rings. The van der Waals surface area contributed by atoms with Gasteiger partial charge in [0.1, 0.15) is 4.75 Å². The molecule has 1 saturated heterocycles. The minimum Gasteiger partial charge on any atom is -0.395 e. The summed E-state index contributed by atoms with van der Waals surface area (Å²) in [4.78, 5) is 2.13. The van der Waals surface area contributed by atoms with Crippen molar-refractivity contribution in [2.75, 3.05) is 39.8 Å². The molecule has 0 spiro atoms. The van der Waals surface area contributed by atoms with E-state index in [1.54, 1.807) is 4.31 Å². The maximum Gasteiger partial charge on any atom is 0.222 e. The molecule has 1 aliphatic heterocycles. The lowest BCUT2D eigenvalue weighted by Gasteiger charge is -2.37. The van der Waals surface area contributed by atoms with Crippen molar-refractivity contribution in [2.24, 2.45) is 0 Å². The normalized spacial score (nSPS) is 27.4. The Kier molecular flexibility index (Phi) is 3.77. The van der Waals surface area contributed by atoms with E-state index in [2.05, 4.69) is 4.90 Å². The molecule has 0 bridgehead atoms. The highest BCUT2D eigenvalue weighted by Crippen LogP contribution is 2.38. The van der Waals surface area contributed by atoms with Gasteiger partial charge >= 0.3 is 0 Å². The summed E-state index contributed by atoms with van der Waals surface area (Å²) in [5.74, 6) is 0. The Balaban J connectivity index is 2.17. The summed E-state index contributed by atoms with van der Waals surface area (Å²) < 4.78 is 25.9. The lowest BCUT2D eigenvalue weighted by molar-refractivity contribution is 0.202. The van der Waals surface area contributed by atoms with E-state index < -0.39 is 14.8 Å². The lowest BCUT2D eigenvalue weighted by Crippen LogP contribution is -2.55. The summed E-state index contributed by atoms with van der Waals surface area (Å²) in [6, 6.07) is 0. The van der Waals surface area contributed by atoms with Crippen LogP contribution < -0.4 is 0 Å². The van der Waals surface area contributed by atoms with E-state index in [0.717, 1.165) is 25.9 Å². The van der Waals surface area contributed by atoms with Crippen LogP contribution in [0.25, 0.3) is 0 Å². The van der Waals surface area contributed by atoms with Crippen molar-refractivity contribution in [1.29, 1.82) is 0 Å². The molecule has 0 radical (unpaired) electrons. The summed E-state index contributed by atoms with van der Waals surface area (Å²) >= 11 is 0. The van der Waals surface area contributed by atoms with Crippen LogP contribution in [0.2, 0.25) is 0 Å². The third-order valence-electron chi connectivity index (χ3n) is 4.15. The Morgan fingerprint density at radius 2 is 1.65 bits per heavy atom. The second-order valence-electron chi connectivity index (χ2n) is 5.26. The van der Waals surface area contributed by atoms with Gasteiger partial charge in [0.15, 0.2) is 0 Å². The van der Waals surface area contributed by atoms with Gasteiger partial charge in [-0.1, -0.05) is 12.8 Å². The van der Waals surface area contributed by atoms with E-state index in [1.165, 1.54) is 0 Å². The highest BCUT2D eigenvalue weighted by atomic mass is 32.2. The predicted octanol–water partition coefficient (Wildman–Crippen LogP) is -0.131. The van der Waals surface area contributed by atoms with E-state index in [-0.39, 0.29) is 6.61 Å². The summed E-state index contributed by atoms with van der Waals surface area (Å²) in [6.07, 6.45) is 3.04. The monoisotopic (exact) mass is 262 g/mol. The smallest absolute Gasteiger partial charge is 0.222 e. The number of sulfonamides is 1. The van der Waals surface area contributed by atoms with Gasteiger partial charge in [-0.15, -0.1) is 0 Å². The molecule has 2 rings (SSSR count). The van der Waals surface area contributed by atoms with E-state index in [0.29, 0.717) is 25.9 Å². The largest absolute Gasteiger partial charge is 0.395 e. The fourth-order valence-electron chi connectivity index (χ4n) is 2.82. The van der Waals surface area contributed by atoms with Crippen molar-refractivity contribution < 1.29 is 13.5 Å². The van der Waals surface area contributed by atoms with Gasteiger partial charge in [0, 0.05) is 26.2 Å². The van der Waals surface area contributed by atoms with Crippen LogP contribution in [0.1, 0.15) is 25.7 Å². The SMILES string of the molecule is CN1CCN(S(=O)(=O)C2(CO)CCCC2)CC1. The number of rotatable bonds is 3. The molecule has 1 saturated carbocycles. The first kappa shape index (κ1) is 13.3. The number of hydrogen-bond donors (Lipinski definition) is 1. The molecule has 1 N–H and O–H groups in total. The zero-order valence-electron chi connectivity index (χ0n) is 10.4. The van der Waals surface area contributed by atoms with Crippen molar-refractivity contribution in [3.05, 3.63) is 0 Å². The van der Waals surface area contributed by atoms with Gasteiger partial charge in [-0.05, 0) is 19.9 Å². The van der Waals surface area contributed by atoms with Crippen LogP contribution in [-0.2, 0) is 10.0 Å². The summed E-state index contributed by atoms with van der Waals surface area (Å²) in [5.41, 5.74) is 0. The Morgan fingerprint density at radius 1 is 1.12 bits per heavy atom. The molecule has 0 atom stereocenters. The molecular weight excluding hydrogens is 240 g/mol. The Morgan fingerprint density at radius 3 is 2.12 bits per heavy atom. The van der Waals surface area contributed by atoms with Gasteiger partial charge in [0.2, 0.25) is 10.0 Å². The molecule has 2 aliphatic rings. The summed E-state index contributed by atoms with van der Waals surface area (Å²) in [7, 11) is -1.34. The van der Waals surface area contributed by atoms with Crippen LogP contribution in [0.5, 0.6) is 0 Å². The number of nitrogens with zero attached hydrogens (tertiary/aromatic N) is 2. The van der Waals surface area contributed by atoms with E-state index in [1.807, 2.05) is 7.05 Å². The van der Waals surface area contributed by atoms with Gasteiger partial charge in [-0.25, -0.2) is 8.42 Å². The number of piperazine rings is 1. The Labute approximate surface area is 103 Å². The minimum atomic E-state index is -3.34. The zero-order valence-corrected chi connectivity index (χ0v) is 11.2. The minimum absolute atomic E-state index is 0.234. The van der Waals surface area contributed by atoms with Gasteiger partial charge in [0.05, 0.1) is 6.61 Å². The third-order valence-corrected chi connectivity index (χ3v) is 6.83. The first-order chi connectivity index (χ1) is 8.02. The number of aliphatic hydroxyl groups excluding tert-OH is 1. The molecule has 0 amide bonds. The van der Waals surface area contributed by atoms with Crippen LogP contribution >= 0.6 is 0 Å². The van der Waals surface area contributed by atoms with Gasteiger partial charge in [-0.2, -0.15) is 4.31 Å². The maximum atomic E-state index is 12.6. The molecule has 100 valence electrons. The van der Waals surface area contributed by atoms with E-state index >= 15 is 0 Å². The maximum absolute atomic E-state index is 12.6. The molecule has 5 nitrogen and oxygen atoms in total. The van der Waals surface area contributed by atoms with Gasteiger partial charge < -0.3 is 10.0 Å². The highest BCUT2D eigenvalue weighted by Gasteiger charge is 2.48. The zero-order chi connectivity index (χ0) is 12.5. The van der Waals surface area contributed by atoms with Crippen LogP contribution in [0, 0.1) is 0 Å². The number of aliphatic hydroxyl groups is 1. The van der Waals surface area contributed by atoms with Crippen molar-refractivity contribution in [2.45, 2.75) is 30.4 Å². The molecule has 1 aliphatic carbocycles. The van der Waals surface area contributed by atoms with Crippen molar-refractivity contribution >= 4 is 10.0 Å². The van der Waals surface area contributed by atoms with Gasteiger partial charge in [0.25, 0.3) is 0 Å². The molecule has 0 aromatic rings. The predicted molar refractivity (Wildman–Crippen MR) is 66.3 cm³/mol. The third kappa shape index (κ3) is 2.23. The quantitative estimate of drug-likeness (QED) is 0.769. The molecule has 0 aromatic heterocycles.